The van der Waals surface area contributed by atoms with Gasteiger partial charge in [-0.15, -0.1) is 6.58 Å². The molecule has 0 unspecified atom stereocenters. The van der Waals surface area contributed by atoms with Crippen molar-refractivity contribution in [1.82, 2.24) is 4.98 Å². The van der Waals surface area contributed by atoms with Crippen LogP contribution in [0.5, 0.6) is 5.75 Å². The second-order valence-corrected chi connectivity index (χ2v) is 6.95. The molecule has 0 radical (unpaired) electrons. The Bertz CT molecular complexity index is 854. The molecule has 0 amide bonds. The summed E-state index contributed by atoms with van der Waals surface area (Å²) in [6, 6.07) is 5.90. The van der Waals surface area contributed by atoms with Crippen LogP contribution in [0.3, 0.4) is 0 Å². The summed E-state index contributed by atoms with van der Waals surface area (Å²) in [5.41, 5.74) is 1.76. The number of aromatic nitrogens is 1. The first-order valence-electron chi connectivity index (χ1n) is 7.45. The van der Waals surface area contributed by atoms with Gasteiger partial charge in [-0.2, -0.15) is 0 Å². The van der Waals surface area contributed by atoms with Gasteiger partial charge in [-0.3, -0.25) is 4.79 Å². The maximum atomic E-state index is 12.4. The van der Waals surface area contributed by atoms with Crippen molar-refractivity contribution in [3.63, 3.8) is 0 Å². The highest BCUT2D eigenvalue weighted by Crippen LogP contribution is 2.34. The molecule has 0 aliphatic carbocycles. The van der Waals surface area contributed by atoms with Crippen molar-refractivity contribution in [3.8, 4) is 5.75 Å². The molecule has 114 valence electrons. The summed E-state index contributed by atoms with van der Waals surface area (Å²) >= 11 is 0. The molecule has 0 fully saturated rings. The van der Waals surface area contributed by atoms with Crippen LogP contribution < -0.4 is 10.3 Å². The van der Waals surface area contributed by atoms with Crippen LogP contribution in [0, 0.1) is 0 Å². The molecular weight excluding hydrogens is 274 g/mol. The lowest BCUT2D eigenvalue weighted by Gasteiger charge is -2.28. The normalized spacial score (nSPS) is 16.2. The molecule has 2 heterocycles. The number of fused-ring (bicyclic) bond motifs is 2. The number of aromatic amines is 1. The summed E-state index contributed by atoms with van der Waals surface area (Å²) < 4.78 is 5.96. The predicted octanol–water partition coefficient (Wildman–Crippen LogP) is 4.18. The number of rotatable bonds is 2. The Labute approximate surface area is 130 Å². The quantitative estimate of drug-likeness (QED) is 0.845. The van der Waals surface area contributed by atoms with Gasteiger partial charge in [0.05, 0.1) is 5.52 Å². The van der Waals surface area contributed by atoms with Crippen LogP contribution in [0.15, 0.2) is 41.7 Å². The van der Waals surface area contributed by atoms with Gasteiger partial charge in [0, 0.05) is 22.6 Å². The highest BCUT2D eigenvalue weighted by molar-refractivity contribution is 5.85. The summed E-state index contributed by atoms with van der Waals surface area (Å²) in [5, 5.41) is 0.997. The van der Waals surface area contributed by atoms with Gasteiger partial charge in [0.25, 0.3) is 5.56 Å². The molecule has 1 aliphatic heterocycles. The Morgan fingerprint density at radius 1 is 1.27 bits per heavy atom. The molecule has 0 spiro atoms. The maximum Gasteiger partial charge on any atom is 0.252 e. The van der Waals surface area contributed by atoms with Crippen molar-refractivity contribution >= 4 is 17.0 Å². The first-order valence-corrected chi connectivity index (χ1v) is 7.45. The highest BCUT2D eigenvalue weighted by atomic mass is 16.5. The Kier molecular flexibility index (Phi) is 3.06. The topological polar surface area (TPSA) is 42.1 Å². The van der Waals surface area contributed by atoms with Gasteiger partial charge in [-0.05, 0) is 37.4 Å². The average Bonchev–Trinajstić information content (AvgIpc) is 2.43. The molecule has 0 atom stereocenters. The van der Waals surface area contributed by atoms with E-state index < -0.39 is 0 Å². The Balaban J connectivity index is 2.24. The zero-order chi connectivity index (χ0) is 16.1. The lowest BCUT2D eigenvalue weighted by molar-refractivity contribution is 0.159. The minimum absolute atomic E-state index is 0.0806. The molecule has 1 N–H and O–H groups in total. The molecule has 22 heavy (non-hydrogen) atoms. The number of pyridine rings is 1. The number of hydrogen-bond donors (Lipinski definition) is 1. The van der Waals surface area contributed by atoms with Crippen LogP contribution in [0.2, 0.25) is 0 Å². The second-order valence-electron chi connectivity index (χ2n) is 6.95. The van der Waals surface area contributed by atoms with Gasteiger partial charge < -0.3 is 9.72 Å². The monoisotopic (exact) mass is 295 g/mol. The van der Waals surface area contributed by atoms with E-state index in [0.717, 1.165) is 27.8 Å². The third kappa shape index (κ3) is 2.37. The van der Waals surface area contributed by atoms with Crippen molar-refractivity contribution < 1.29 is 4.74 Å². The number of allylic oxidation sites excluding steroid dienone is 1. The Morgan fingerprint density at radius 2 is 2.00 bits per heavy atom. The van der Waals surface area contributed by atoms with E-state index in [4.69, 9.17) is 4.74 Å². The van der Waals surface area contributed by atoms with Crippen molar-refractivity contribution in [3.05, 3.63) is 58.4 Å². The van der Waals surface area contributed by atoms with E-state index in [-0.39, 0.29) is 16.6 Å². The Morgan fingerprint density at radius 3 is 2.68 bits per heavy atom. The summed E-state index contributed by atoms with van der Waals surface area (Å²) in [5.74, 6) is 0.798. The molecule has 0 saturated heterocycles. The first kappa shape index (κ1) is 14.6. The van der Waals surface area contributed by atoms with Crippen LogP contribution in [0.25, 0.3) is 17.0 Å². The van der Waals surface area contributed by atoms with Crippen LogP contribution >= 0.6 is 0 Å². The van der Waals surface area contributed by atoms with E-state index in [0.29, 0.717) is 0 Å². The molecule has 3 rings (SSSR count). The van der Waals surface area contributed by atoms with E-state index in [1.807, 2.05) is 45.9 Å². The second kappa shape index (κ2) is 4.60. The third-order valence-corrected chi connectivity index (χ3v) is 4.22. The standard InChI is InChI=1S/C19H21NO2/c1-6-18(2,3)14-10-13-9-12-7-8-19(4,5)22-16(12)11-15(13)20-17(14)21/h6-11H,1H2,2-5H3,(H,20,21). The largest absolute Gasteiger partial charge is 0.483 e. The van der Waals surface area contributed by atoms with Crippen LogP contribution in [-0.2, 0) is 5.41 Å². The first-order chi connectivity index (χ1) is 10.2. The molecule has 1 aliphatic rings. The lowest BCUT2D eigenvalue weighted by Crippen LogP contribution is -2.28. The van der Waals surface area contributed by atoms with Gasteiger partial charge in [0.15, 0.2) is 0 Å². The van der Waals surface area contributed by atoms with Crippen molar-refractivity contribution in [2.45, 2.75) is 38.7 Å². The van der Waals surface area contributed by atoms with E-state index >= 15 is 0 Å². The number of H-pyrrole nitrogens is 1. The van der Waals surface area contributed by atoms with Gasteiger partial charge in [-0.25, -0.2) is 0 Å². The minimum Gasteiger partial charge on any atom is -0.483 e. The predicted molar refractivity (Wildman–Crippen MR) is 91.5 cm³/mol. The molecule has 1 aromatic heterocycles. The van der Waals surface area contributed by atoms with E-state index in [9.17, 15) is 4.79 Å². The summed E-state index contributed by atoms with van der Waals surface area (Å²) in [4.78, 5) is 15.3. The summed E-state index contributed by atoms with van der Waals surface area (Å²) in [6.45, 7) is 11.8. The van der Waals surface area contributed by atoms with Crippen LogP contribution in [0.1, 0.15) is 38.8 Å². The molecule has 0 bridgehead atoms. The zero-order valence-electron chi connectivity index (χ0n) is 13.5. The number of ether oxygens (including phenoxy) is 1. The van der Waals surface area contributed by atoms with E-state index in [1.165, 1.54) is 0 Å². The van der Waals surface area contributed by atoms with Gasteiger partial charge in [0.2, 0.25) is 0 Å². The molecule has 3 heteroatoms. The third-order valence-electron chi connectivity index (χ3n) is 4.22. The minimum atomic E-state index is -0.369. The highest BCUT2D eigenvalue weighted by Gasteiger charge is 2.24. The van der Waals surface area contributed by atoms with Crippen molar-refractivity contribution in [1.29, 1.82) is 0 Å². The molecular formula is C19H21NO2. The fourth-order valence-electron chi connectivity index (χ4n) is 2.67. The summed E-state index contributed by atoms with van der Waals surface area (Å²) in [7, 11) is 0. The smallest absolute Gasteiger partial charge is 0.252 e. The molecule has 1 aromatic carbocycles. The van der Waals surface area contributed by atoms with Crippen LogP contribution in [-0.4, -0.2) is 10.6 Å². The zero-order valence-corrected chi connectivity index (χ0v) is 13.5. The van der Waals surface area contributed by atoms with Gasteiger partial charge in [-0.1, -0.05) is 26.0 Å². The van der Waals surface area contributed by atoms with Crippen molar-refractivity contribution in [2.75, 3.05) is 0 Å². The molecule has 3 nitrogen and oxygen atoms in total. The SMILES string of the molecule is C=CC(C)(C)c1cc2cc3c(cc2[nH]c1=O)OC(C)(C)C=C3. The van der Waals surface area contributed by atoms with Crippen molar-refractivity contribution in [2.24, 2.45) is 0 Å². The van der Waals surface area contributed by atoms with E-state index in [2.05, 4.69) is 23.7 Å². The number of hydrogen-bond acceptors (Lipinski definition) is 2. The molecule has 0 saturated carbocycles. The van der Waals surface area contributed by atoms with Crippen LogP contribution in [0.4, 0.5) is 0 Å². The fourth-order valence-corrected chi connectivity index (χ4v) is 2.67. The number of nitrogens with one attached hydrogen (secondary N) is 1. The average molecular weight is 295 g/mol. The van der Waals surface area contributed by atoms with E-state index in [1.54, 1.807) is 6.08 Å². The fraction of sp³-hybridized carbons (Fsp3) is 0.316. The number of benzene rings is 1. The lowest BCUT2D eigenvalue weighted by atomic mass is 9.85. The molecule has 2 aromatic rings. The summed E-state index contributed by atoms with van der Waals surface area (Å²) in [6.07, 6.45) is 5.91. The maximum absolute atomic E-state index is 12.4. The van der Waals surface area contributed by atoms with Gasteiger partial charge >= 0.3 is 0 Å². The Hall–Kier alpha value is -2.29. The van der Waals surface area contributed by atoms with Gasteiger partial charge in [0.1, 0.15) is 11.4 Å².